The van der Waals surface area contributed by atoms with E-state index in [1.54, 1.807) is 32.7 Å². The number of nitrogens with one attached hydrogen (secondary N) is 2. The standard InChI is InChI=1S/C36H61N5O7/c1-21(2)18-27-35(47)48-28(36(8,9)10)19-23(5)15-16-24(6)33(45)41-17-13-14-26(41)31(43)38-30(22(3)4)32(44)37-20-29(42)39(11)25(7)34(46)40(27)12/h19,21-22,24-28,30H,13-18,20H2,1-12H3,(H,37,44)(H,38,43). The second kappa shape index (κ2) is 17.3. The van der Waals surface area contributed by atoms with Crippen molar-refractivity contribution in [3.8, 4) is 0 Å². The van der Waals surface area contributed by atoms with Crippen molar-refractivity contribution in [1.82, 2.24) is 25.3 Å². The number of rotatable bonds is 3. The zero-order valence-corrected chi connectivity index (χ0v) is 31.3. The quantitative estimate of drug-likeness (QED) is 0.345. The summed E-state index contributed by atoms with van der Waals surface area (Å²) in [6.07, 6.45) is 3.99. The molecule has 5 amide bonds. The Morgan fingerprint density at radius 3 is 2.10 bits per heavy atom. The van der Waals surface area contributed by atoms with E-state index in [9.17, 15) is 28.8 Å². The molecule has 0 spiro atoms. The van der Waals surface area contributed by atoms with E-state index >= 15 is 0 Å². The van der Waals surface area contributed by atoms with Crippen LogP contribution < -0.4 is 10.6 Å². The Kier molecular flexibility index (Phi) is 14.7. The number of hydrogen-bond donors (Lipinski definition) is 2. The van der Waals surface area contributed by atoms with Crippen LogP contribution in [0.15, 0.2) is 11.6 Å². The van der Waals surface area contributed by atoms with Gasteiger partial charge in [-0.2, -0.15) is 0 Å². The second-order valence-corrected chi connectivity index (χ2v) is 15.6. The Morgan fingerprint density at radius 1 is 0.917 bits per heavy atom. The molecule has 0 aromatic heterocycles. The molecule has 0 aliphatic carbocycles. The highest BCUT2D eigenvalue weighted by Gasteiger charge is 2.39. The van der Waals surface area contributed by atoms with Crippen LogP contribution >= 0.6 is 0 Å². The van der Waals surface area contributed by atoms with Gasteiger partial charge in [-0.05, 0) is 63.9 Å². The first-order valence-electron chi connectivity index (χ1n) is 17.5. The summed E-state index contributed by atoms with van der Waals surface area (Å²) in [5, 5.41) is 5.45. The number of allylic oxidation sites excluding steroid dienone is 1. The molecule has 6 unspecified atom stereocenters. The minimum atomic E-state index is -0.933. The van der Waals surface area contributed by atoms with Gasteiger partial charge in [-0.1, -0.05) is 61.0 Å². The fourth-order valence-corrected chi connectivity index (χ4v) is 6.03. The van der Waals surface area contributed by atoms with Gasteiger partial charge in [-0.15, -0.1) is 0 Å². The van der Waals surface area contributed by atoms with Gasteiger partial charge in [-0.25, -0.2) is 4.79 Å². The number of carbonyl (C=O) groups is 6. The van der Waals surface area contributed by atoms with Crippen LogP contribution in [0.3, 0.4) is 0 Å². The summed E-state index contributed by atoms with van der Waals surface area (Å²) in [6, 6.07) is -3.43. The first kappa shape index (κ1) is 40.7. The van der Waals surface area contributed by atoms with Crippen molar-refractivity contribution in [2.45, 2.75) is 132 Å². The highest BCUT2D eigenvalue weighted by molar-refractivity contribution is 5.95. The Morgan fingerprint density at radius 2 is 1.54 bits per heavy atom. The van der Waals surface area contributed by atoms with Gasteiger partial charge in [0.2, 0.25) is 29.5 Å². The number of ether oxygens (including phenoxy) is 1. The molecule has 12 heteroatoms. The summed E-state index contributed by atoms with van der Waals surface area (Å²) in [5.41, 5.74) is 0.505. The van der Waals surface area contributed by atoms with Crippen LogP contribution in [-0.2, 0) is 33.5 Å². The third-order valence-corrected chi connectivity index (χ3v) is 9.54. The molecule has 272 valence electrons. The van der Waals surface area contributed by atoms with Crippen molar-refractivity contribution in [3.05, 3.63) is 11.6 Å². The van der Waals surface area contributed by atoms with Crippen molar-refractivity contribution in [2.75, 3.05) is 27.2 Å². The first-order chi connectivity index (χ1) is 22.2. The zero-order valence-electron chi connectivity index (χ0n) is 31.3. The number of amides is 5. The van der Waals surface area contributed by atoms with Crippen LogP contribution in [0, 0.1) is 23.2 Å². The minimum absolute atomic E-state index is 0.0688. The molecule has 12 nitrogen and oxygen atoms in total. The molecular weight excluding hydrogens is 614 g/mol. The summed E-state index contributed by atoms with van der Waals surface area (Å²) in [5.74, 6) is -3.11. The molecule has 0 aromatic carbocycles. The van der Waals surface area contributed by atoms with Gasteiger partial charge in [0.05, 0.1) is 6.54 Å². The van der Waals surface area contributed by atoms with Crippen LogP contribution in [0.5, 0.6) is 0 Å². The summed E-state index contributed by atoms with van der Waals surface area (Å²) in [6.45, 7) is 18.9. The highest BCUT2D eigenvalue weighted by atomic mass is 16.5. The van der Waals surface area contributed by atoms with Gasteiger partial charge in [0.25, 0.3) is 0 Å². The van der Waals surface area contributed by atoms with Gasteiger partial charge < -0.3 is 30.1 Å². The first-order valence-corrected chi connectivity index (χ1v) is 17.5. The molecule has 6 atom stereocenters. The fourth-order valence-electron chi connectivity index (χ4n) is 6.03. The topological polar surface area (TPSA) is 145 Å². The number of likely N-dealkylation sites (N-methyl/N-ethyl adjacent to an activating group) is 2. The smallest absolute Gasteiger partial charge is 0.329 e. The monoisotopic (exact) mass is 675 g/mol. The number of hydrogen-bond acceptors (Lipinski definition) is 7. The maximum absolute atomic E-state index is 13.8. The van der Waals surface area contributed by atoms with Crippen molar-refractivity contribution in [3.63, 3.8) is 0 Å². The Hall–Kier alpha value is -3.44. The summed E-state index contributed by atoms with van der Waals surface area (Å²) in [7, 11) is 3.02. The molecular formula is C36H61N5O7. The van der Waals surface area contributed by atoms with Crippen molar-refractivity contribution in [2.24, 2.45) is 23.2 Å². The SMILES string of the molecule is CC1=CC(C(C)(C)C)OC(=O)C(CC(C)C)N(C)C(=O)C(C)N(C)C(=O)CNC(=O)C(C(C)C)NC(=O)C2CCCN2C(=O)C(C)CC1. The third-order valence-electron chi connectivity index (χ3n) is 9.54. The largest absolute Gasteiger partial charge is 0.456 e. The predicted octanol–water partition coefficient (Wildman–Crippen LogP) is 3.29. The zero-order chi connectivity index (χ0) is 36.7. The van der Waals surface area contributed by atoms with E-state index in [1.807, 2.05) is 54.5 Å². The number of carbonyl (C=O) groups excluding carboxylic acids is 6. The van der Waals surface area contributed by atoms with Crippen LogP contribution in [-0.4, -0.2) is 108 Å². The molecule has 0 aromatic rings. The van der Waals surface area contributed by atoms with Gasteiger partial charge in [0.1, 0.15) is 30.3 Å². The van der Waals surface area contributed by atoms with E-state index in [-0.39, 0.29) is 23.7 Å². The number of nitrogens with zero attached hydrogens (tertiary/aromatic N) is 3. The number of cyclic esters (lactones) is 1. The van der Waals surface area contributed by atoms with Crippen LogP contribution in [0.4, 0.5) is 0 Å². The molecule has 1 saturated heterocycles. The lowest BCUT2D eigenvalue weighted by molar-refractivity contribution is -0.162. The lowest BCUT2D eigenvalue weighted by atomic mass is 9.87. The Balaban J connectivity index is 2.51. The van der Waals surface area contributed by atoms with E-state index in [4.69, 9.17) is 4.74 Å². The molecule has 2 N–H and O–H groups in total. The summed E-state index contributed by atoms with van der Waals surface area (Å²) < 4.78 is 6.13. The molecule has 2 aliphatic rings. The second-order valence-electron chi connectivity index (χ2n) is 15.6. The molecule has 48 heavy (non-hydrogen) atoms. The number of fused-ring (bicyclic) bond motifs is 1. The van der Waals surface area contributed by atoms with Crippen molar-refractivity contribution >= 4 is 35.5 Å². The molecule has 0 saturated carbocycles. The van der Waals surface area contributed by atoms with Crippen LogP contribution in [0.1, 0.15) is 101 Å². The lowest BCUT2D eigenvalue weighted by Crippen LogP contribution is -2.57. The van der Waals surface area contributed by atoms with Crippen molar-refractivity contribution < 1.29 is 33.5 Å². The minimum Gasteiger partial charge on any atom is -0.456 e. The molecule has 2 aliphatic heterocycles. The van der Waals surface area contributed by atoms with E-state index < -0.39 is 71.8 Å². The maximum atomic E-state index is 13.8. The normalized spacial score (nSPS) is 28.7. The Labute approximate surface area is 287 Å². The average Bonchev–Trinajstić information content (AvgIpc) is 3.50. The van der Waals surface area contributed by atoms with Gasteiger partial charge >= 0.3 is 5.97 Å². The van der Waals surface area contributed by atoms with Gasteiger partial charge in [-0.3, -0.25) is 24.0 Å². The lowest BCUT2D eigenvalue weighted by Gasteiger charge is -2.35. The van der Waals surface area contributed by atoms with E-state index in [0.717, 1.165) is 5.57 Å². The molecule has 2 rings (SSSR count). The van der Waals surface area contributed by atoms with Crippen LogP contribution in [0.25, 0.3) is 0 Å². The fraction of sp³-hybridized carbons (Fsp3) is 0.778. The van der Waals surface area contributed by atoms with Gasteiger partial charge in [0.15, 0.2) is 0 Å². The highest BCUT2D eigenvalue weighted by Crippen LogP contribution is 2.28. The summed E-state index contributed by atoms with van der Waals surface area (Å²) >= 11 is 0. The van der Waals surface area contributed by atoms with E-state index in [1.165, 1.54) is 16.8 Å². The molecule has 2 heterocycles. The maximum Gasteiger partial charge on any atom is 0.329 e. The van der Waals surface area contributed by atoms with Crippen LogP contribution in [0.2, 0.25) is 0 Å². The third kappa shape index (κ3) is 10.8. The van der Waals surface area contributed by atoms with Crippen molar-refractivity contribution in [1.29, 1.82) is 0 Å². The summed E-state index contributed by atoms with van der Waals surface area (Å²) in [4.78, 5) is 85.2. The van der Waals surface area contributed by atoms with E-state index in [2.05, 4.69) is 10.6 Å². The molecule has 0 bridgehead atoms. The van der Waals surface area contributed by atoms with Gasteiger partial charge in [0, 0.05) is 32.0 Å². The molecule has 1 fully saturated rings. The molecule has 0 radical (unpaired) electrons. The van der Waals surface area contributed by atoms with E-state index in [0.29, 0.717) is 38.6 Å². The number of esters is 1. The average molecular weight is 676 g/mol. The Bertz CT molecular complexity index is 1220. The predicted molar refractivity (Wildman–Crippen MR) is 184 cm³/mol.